The van der Waals surface area contributed by atoms with E-state index in [1.807, 2.05) is 10.9 Å². The molecule has 0 spiro atoms. The summed E-state index contributed by atoms with van der Waals surface area (Å²) in [4.78, 5) is 69.9. The van der Waals surface area contributed by atoms with Crippen LogP contribution in [0.3, 0.4) is 0 Å². The molecule has 1 aliphatic rings. The number of halogens is 1. The van der Waals surface area contributed by atoms with E-state index in [9.17, 15) is 24.0 Å². The van der Waals surface area contributed by atoms with E-state index in [-0.39, 0.29) is 52.2 Å². The maximum absolute atomic E-state index is 14.1. The normalized spacial score (nSPS) is 18.0. The third-order valence-electron chi connectivity index (χ3n) is 7.72. The minimum absolute atomic E-state index is 0.0115. The smallest absolute Gasteiger partial charge is 0.248 e. The number of fused-ring (bicyclic) bond motifs is 5. The molecule has 0 aliphatic carbocycles. The van der Waals surface area contributed by atoms with Crippen LogP contribution < -0.4 is 47.5 Å². The lowest BCUT2D eigenvalue weighted by Crippen LogP contribution is -2.55. The molecular weight excluding hydrogens is 658 g/mol. The van der Waals surface area contributed by atoms with Crippen molar-refractivity contribution in [1.82, 2.24) is 25.7 Å². The van der Waals surface area contributed by atoms with Gasteiger partial charge in [-0.15, -0.1) is 0 Å². The number of nitrogens with zero attached hydrogens (tertiary/aromatic N) is 2. The molecule has 264 valence electrons. The Labute approximate surface area is 289 Å². The van der Waals surface area contributed by atoms with Crippen molar-refractivity contribution in [2.45, 2.75) is 37.9 Å². The van der Waals surface area contributed by atoms with Gasteiger partial charge < -0.3 is 47.5 Å². The van der Waals surface area contributed by atoms with Gasteiger partial charge in [0.25, 0.3) is 0 Å². The summed E-state index contributed by atoms with van der Waals surface area (Å²) < 4.78 is 12.0. The lowest BCUT2D eigenvalue weighted by atomic mass is 9.93. The van der Waals surface area contributed by atoms with Crippen molar-refractivity contribution < 1.29 is 33.4 Å². The van der Waals surface area contributed by atoms with Gasteiger partial charge in [0.2, 0.25) is 29.5 Å². The highest BCUT2D eigenvalue weighted by Crippen LogP contribution is 2.40. The molecule has 49 heavy (non-hydrogen) atoms. The second-order valence-corrected chi connectivity index (χ2v) is 11.4. The van der Waals surface area contributed by atoms with E-state index >= 15 is 0 Å². The number of nitriles is 1. The summed E-state index contributed by atoms with van der Waals surface area (Å²) in [6, 6.07) is 8.11. The molecule has 0 saturated carbocycles. The van der Waals surface area contributed by atoms with E-state index in [2.05, 4.69) is 16.0 Å². The highest BCUT2D eigenvalue weighted by Gasteiger charge is 2.37. The van der Waals surface area contributed by atoms with E-state index < -0.39 is 53.6 Å². The average Bonchev–Trinajstić information content (AvgIpc) is 3.10. The number of ether oxygens (including phenoxy) is 2. The van der Waals surface area contributed by atoms with Crippen molar-refractivity contribution in [1.29, 1.82) is 5.26 Å². The first-order valence-electron chi connectivity index (χ1n) is 15.6. The fourth-order valence-electron chi connectivity index (χ4n) is 5.30. The molecule has 0 radical (unpaired) electrons. The maximum atomic E-state index is 14.1. The van der Waals surface area contributed by atoms with Crippen LogP contribution in [-0.2, 0) is 30.4 Å². The molecule has 16 nitrogen and oxygen atoms in total. The number of hydrogen-bond acceptors (Lipinski definition) is 11. The molecule has 0 saturated heterocycles. The highest BCUT2D eigenvalue weighted by molar-refractivity contribution is 6.23. The van der Waals surface area contributed by atoms with Crippen molar-refractivity contribution in [2.24, 2.45) is 23.1 Å². The fourth-order valence-corrected chi connectivity index (χ4v) is 5.44. The van der Waals surface area contributed by atoms with Gasteiger partial charge >= 0.3 is 0 Å². The summed E-state index contributed by atoms with van der Waals surface area (Å²) in [6.07, 6.45) is -0.0482. The Kier molecular flexibility index (Phi) is 14.6. The summed E-state index contributed by atoms with van der Waals surface area (Å²) in [5.41, 5.74) is 19.0. The number of carbonyl (C=O) groups is 5. The third-order valence-corrected chi connectivity index (χ3v) is 7.90. The van der Waals surface area contributed by atoms with Gasteiger partial charge in [-0.2, -0.15) is 5.26 Å². The quantitative estimate of drug-likeness (QED) is 0.0754. The van der Waals surface area contributed by atoms with Gasteiger partial charge in [0.05, 0.1) is 6.07 Å². The lowest BCUT2D eigenvalue weighted by molar-refractivity contribution is -0.146. The molecule has 2 aromatic carbocycles. The van der Waals surface area contributed by atoms with E-state index in [4.69, 9.17) is 43.7 Å². The molecule has 0 aromatic heterocycles. The maximum Gasteiger partial charge on any atom is 0.248 e. The number of amides is 5. The molecule has 1 unspecified atom stereocenters. The van der Waals surface area contributed by atoms with Crippen LogP contribution in [0, 0.1) is 17.2 Å². The molecule has 3 rings (SSSR count). The van der Waals surface area contributed by atoms with Crippen LogP contribution in [0.1, 0.15) is 30.5 Å². The van der Waals surface area contributed by atoms with Crippen LogP contribution in [0.4, 0.5) is 0 Å². The molecule has 4 atom stereocenters. The largest absolute Gasteiger partial charge is 0.492 e. The van der Waals surface area contributed by atoms with Crippen molar-refractivity contribution in [3.8, 4) is 28.7 Å². The predicted octanol–water partition coefficient (Wildman–Crippen LogP) is -1.05. The number of nitrogens with one attached hydrogen (secondary N) is 4. The van der Waals surface area contributed by atoms with E-state index in [0.717, 1.165) is 4.90 Å². The van der Waals surface area contributed by atoms with Crippen LogP contribution in [0.15, 0.2) is 36.4 Å². The Hall–Kier alpha value is -4.95. The van der Waals surface area contributed by atoms with Crippen LogP contribution >= 0.6 is 11.8 Å². The Morgan fingerprint density at radius 2 is 1.63 bits per heavy atom. The summed E-state index contributed by atoms with van der Waals surface area (Å²) in [6.45, 7) is 1.80. The first-order valence-corrected chi connectivity index (χ1v) is 15.9. The standard InChI is InChI=1S/C32H42ClN9O7/c1-18-28(43)40-24(30(45)38-12-9-35)16-19-3-5-25(48-13-10-36)22(15-19)23-17-20(4-6-26(23)49-14-11-37)27(31(46)39-18)42(2)32(47)21(7-8-34)29(44)41-33/h3-6,15,17-18,21,24,27H,7-8,10-14,16,34,36-37H2,1-2H3,(H,38,45)(H,39,46)(H,40,43)(H,41,44)/t18-,21?,24-,27-/m0/s1. The molecule has 17 heteroatoms. The summed E-state index contributed by atoms with van der Waals surface area (Å²) >= 11 is 5.57. The van der Waals surface area contributed by atoms with Gasteiger partial charge in [0, 0.05) is 49.5 Å². The second-order valence-electron chi connectivity index (χ2n) is 11.2. The minimum Gasteiger partial charge on any atom is -0.492 e. The number of rotatable bonds is 13. The number of hydrogen-bond donors (Lipinski definition) is 7. The zero-order chi connectivity index (χ0) is 36.1. The summed E-state index contributed by atoms with van der Waals surface area (Å²) in [7, 11) is 1.34. The highest BCUT2D eigenvalue weighted by atomic mass is 35.5. The summed E-state index contributed by atoms with van der Waals surface area (Å²) in [5.74, 6) is -4.20. The third kappa shape index (κ3) is 9.80. The van der Waals surface area contributed by atoms with Gasteiger partial charge in [0.15, 0.2) is 0 Å². The molecule has 1 heterocycles. The number of nitrogens with two attached hydrogens (primary N) is 3. The fraction of sp³-hybridized carbons (Fsp3) is 0.438. The number of likely N-dealkylation sites (N-methyl/N-ethyl adjacent to an activating group) is 1. The van der Waals surface area contributed by atoms with Gasteiger partial charge in [0.1, 0.15) is 55.3 Å². The zero-order valence-electron chi connectivity index (χ0n) is 27.3. The van der Waals surface area contributed by atoms with E-state index in [0.29, 0.717) is 33.8 Å². The van der Waals surface area contributed by atoms with Crippen LogP contribution in [0.5, 0.6) is 11.5 Å². The molecule has 10 N–H and O–H groups in total. The monoisotopic (exact) mass is 699 g/mol. The topological polar surface area (TPSA) is 257 Å². The second kappa shape index (κ2) is 18.6. The molecule has 1 aliphatic heterocycles. The van der Waals surface area contributed by atoms with Gasteiger partial charge in [-0.05, 0) is 55.3 Å². The van der Waals surface area contributed by atoms with Crippen LogP contribution in [0.2, 0.25) is 0 Å². The zero-order valence-corrected chi connectivity index (χ0v) is 28.0. The Morgan fingerprint density at radius 3 is 2.22 bits per heavy atom. The van der Waals surface area contributed by atoms with E-state index in [1.165, 1.54) is 14.0 Å². The molecule has 2 aromatic rings. The van der Waals surface area contributed by atoms with Crippen molar-refractivity contribution in [3.05, 3.63) is 47.5 Å². The van der Waals surface area contributed by atoms with Gasteiger partial charge in [-0.3, -0.25) is 28.8 Å². The first kappa shape index (κ1) is 38.5. The SMILES string of the molecule is C[C@@H]1NC(=O)[C@@H](N(C)C(=O)C(CCN)C(=O)NCl)c2ccc(OCCN)c(c2)-c2cc(ccc2OCCN)C[C@@H](C(=O)NCC#N)NC1=O. The minimum atomic E-state index is -1.39. The number of carbonyl (C=O) groups excluding carboxylic acids is 5. The molecule has 5 amide bonds. The van der Waals surface area contributed by atoms with Gasteiger partial charge in [-0.1, -0.05) is 12.1 Å². The van der Waals surface area contributed by atoms with Crippen LogP contribution in [0.25, 0.3) is 11.1 Å². The Morgan fingerprint density at radius 1 is 1.00 bits per heavy atom. The average molecular weight is 700 g/mol. The van der Waals surface area contributed by atoms with E-state index in [1.54, 1.807) is 36.4 Å². The van der Waals surface area contributed by atoms with Crippen molar-refractivity contribution in [2.75, 3.05) is 46.4 Å². The first-order chi connectivity index (χ1) is 23.5. The van der Waals surface area contributed by atoms with Crippen molar-refractivity contribution in [3.63, 3.8) is 0 Å². The lowest BCUT2D eigenvalue weighted by Gasteiger charge is -2.32. The number of benzene rings is 2. The molecule has 4 bridgehead atoms. The molecule has 0 fully saturated rings. The summed E-state index contributed by atoms with van der Waals surface area (Å²) in [5, 5.41) is 16.8. The Balaban J connectivity index is 2.32. The predicted molar refractivity (Wildman–Crippen MR) is 180 cm³/mol. The van der Waals surface area contributed by atoms with Crippen molar-refractivity contribution >= 4 is 41.3 Å². The van der Waals surface area contributed by atoms with Gasteiger partial charge in [-0.25, -0.2) is 0 Å². The Bertz CT molecular complexity index is 1570. The van der Waals surface area contributed by atoms with Crippen LogP contribution in [-0.4, -0.2) is 93.0 Å². The molecular formula is C32H42ClN9O7.